The van der Waals surface area contributed by atoms with Gasteiger partial charge < -0.3 is 5.32 Å². The van der Waals surface area contributed by atoms with E-state index in [-0.39, 0.29) is 17.5 Å². The Kier molecular flexibility index (Phi) is 2.94. The number of nitrogens with one attached hydrogen (secondary N) is 1. The topological polar surface area (TPSA) is 29.1 Å². The molecule has 0 aromatic heterocycles. The summed E-state index contributed by atoms with van der Waals surface area (Å²) in [5.74, 6) is -0.366. The number of benzene rings is 1. The number of rotatable bonds is 2. The number of fused-ring (bicyclic) bond motifs is 2. The molecule has 2 aliphatic rings. The second kappa shape index (κ2) is 4.47. The van der Waals surface area contributed by atoms with Crippen molar-refractivity contribution in [3.8, 4) is 0 Å². The summed E-state index contributed by atoms with van der Waals surface area (Å²) in [6, 6.07) is 5.78. The lowest BCUT2D eigenvalue weighted by Gasteiger charge is -2.28. The maximum absolute atomic E-state index is 13.8. The van der Waals surface area contributed by atoms with E-state index in [0.29, 0.717) is 17.6 Å². The fraction of sp³-hybridized carbons (Fsp3) is 0.533. The first-order valence-electron chi connectivity index (χ1n) is 6.70. The van der Waals surface area contributed by atoms with Crippen LogP contribution in [0.3, 0.4) is 0 Å². The highest BCUT2D eigenvalue weighted by Gasteiger charge is 2.37. The van der Waals surface area contributed by atoms with Gasteiger partial charge in [0.05, 0.1) is 5.56 Å². The van der Waals surface area contributed by atoms with Gasteiger partial charge in [-0.15, -0.1) is 0 Å². The van der Waals surface area contributed by atoms with Gasteiger partial charge in [-0.2, -0.15) is 0 Å². The predicted octanol–water partition coefficient (Wildman–Crippen LogP) is 2.85. The Hall–Kier alpha value is -1.22. The molecule has 96 valence electrons. The molecule has 0 radical (unpaired) electrons. The first-order valence-corrected chi connectivity index (χ1v) is 6.70. The summed E-state index contributed by atoms with van der Waals surface area (Å²) in [4.78, 5) is 12.5. The lowest BCUT2D eigenvalue weighted by molar-refractivity contribution is 0.0870. The van der Waals surface area contributed by atoms with Crippen molar-refractivity contribution in [2.24, 2.45) is 5.92 Å². The molecule has 2 fully saturated rings. The minimum atomic E-state index is -0.370. The second-order valence-electron chi connectivity index (χ2n) is 5.60. The fourth-order valence-corrected chi connectivity index (χ4v) is 3.42. The standard InChI is InChI=1S/C15H18FNO/c1-9-3-2-4-13(16)14(9)15(18)10-7-11-5-6-12(8-10)17-11/h2-4,10-12,17H,5-8H2,1H3. The average molecular weight is 247 g/mol. The first kappa shape index (κ1) is 11.8. The van der Waals surface area contributed by atoms with Gasteiger partial charge in [0.2, 0.25) is 0 Å². The number of halogens is 1. The third-order valence-corrected chi connectivity index (χ3v) is 4.31. The molecule has 1 aromatic carbocycles. The molecular formula is C15H18FNO. The Balaban J connectivity index is 1.86. The lowest BCUT2D eigenvalue weighted by Crippen LogP contribution is -2.40. The van der Waals surface area contributed by atoms with E-state index < -0.39 is 0 Å². The van der Waals surface area contributed by atoms with Crippen LogP contribution in [0.2, 0.25) is 0 Å². The van der Waals surface area contributed by atoms with Crippen molar-refractivity contribution < 1.29 is 9.18 Å². The normalized spacial score (nSPS) is 30.4. The van der Waals surface area contributed by atoms with Crippen molar-refractivity contribution in [1.82, 2.24) is 5.32 Å². The summed E-state index contributed by atoms with van der Waals surface area (Å²) in [5, 5.41) is 3.51. The van der Waals surface area contributed by atoms with Gasteiger partial charge in [0.1, 0.15) is 5.82 Å². The van der Waals surface area contributed by atoms with Crippen molar-refractivity contribution in [3.63, 3.8) is 0 Å². The quantitative estimate of drug-likeness (QED) is 0.814. The Labute approximate surface area is 107 Å². The van der Waals surface area contributed by atoms with Crippen LogP contribution in [0.15, 0.2) is 18.2 Å². The van der Waals surface area contributed by atoms with Crippen LogP contribution < -0.4 is 5.32 Å². The molecule has 1 aromatic rings. The van der Waals surface area contributed by atoms with Gasteiger partial charge in [-0.3, -0.25) is 4.79 Å². The molecule has 2 heterocycles. The molecule has 2 aliphatic heterocycles. The Morgan fingerprint density at radius 2 is 1.94 bits per heavy atom. The SMILES string of the molecule is Cc1cccc(F)c1C(=O)C1CC2CCC(C1)N2. The van der Waals surface area contributed by atoms with Crippen LogP contribution in [0.1, 0.15) is 41.6 Å². The van der Waals surface area contributed by atoms with Crippen LogP contribution in [-0.4, -0.2) is 17.9 Å². The number of ketones is 1. The minimum absolute atomic E-state index is 0.000602. The number of hydrogen-bond acceptors (Lipinski definition) is 2. The summed E-state index contributed by atoms with van der Waals surface area (Å²) in [6.45, 7) is 1.81. The Bertz CT molecular complexity index is 453. The van der Waals surface area contributed by atoms with Gasteiger partial charge in [0.25, 0.3) is 0 Å². The van der Waals surface area contributed by atoms with Gasteiger partial charge in [-0.05, 0) is 44.2 Å². The third-order valence-electron chi connectivity index (χ3n) is 4.31. The van der Waals surface area contributed by atoms with Crippen LogP contribution in [-0.2, 0) is 0 Å². The number of Topliss-reactive ketones (excluding diaryl/α,β-unsaturated/α-hetero) is 1. The van der Waals surface area contributed by atoms with Crippen LogP contribution >= 0.6 is 0 Å². The molecule has 2 bridgehead atoms. The van der Waals surface area contributed by atoms with Crippen LogP contribution in [0.25, 0.3) is 0 Å². The molecule has 3 heteroatoms. The highest BCUT2D eigenvalue weighted by molar-refractivity contribution is 5.99. The molecular weight excluding hydrogens is 229 g/mol. The number of aryl methyl sites for hydroxylation is 1. The molecule has 18 heavy (non-hydrogen) atoms. The molecule has 2 unspecified atom stereocenters. The summed E-state index contributed by atoms with van der Waals surface area (Å²) in [5.41, 5.74) is 1.06. The maximum Gasteiger partial charge on any atom is 0.169 e. The van der Waals surface area contributed by atoms with Crippen molar-refractivity contribution in [3.05, 3.63) is 35.1 Å². The number of hydrogen-bond donors (Lipinski definition) is 1. The summed E-state index contributed by atoms with van der Waals surface area (Å²) in [6.07, 6.45) is 4.04. The van der Waals surface area contributed by atoms with Gasteiger partial charge in [0, 0.05) is 18.0 Å². The maximum atomic E-state index is 13.8. The number of piperidine rings is 1. The van der Waals surface area contributed by atoms with E-state index in [1.807, 2.05) is 13.0 Å². The fourth-order valence-electron chi connectivity index (χ4n) is 3.42. The zero-order valence-corrected chi connectivity index (χ0v) is 10.6. The first-order chi connectivity index (χ1) is 8.65. The smallest absolute Gasteiger partial charge is 0.169 e. The van der Waals surface area contributed by atoms with Crippen LogP contribution in [0.4, 0.5) is 4.39 Å². The zero-order valence-electron chi connectivity index (χ0n) is 10.6. The van der Waals surface area contributed by atoms with Crippen molar-refractivity contribution in [2.75, 3.05) is 0 Å². The molecule has 2 saturated heterocycles. The second-order valence-corrected chi connectivity index (χ2v) is 5.60. The summed E-state index contributed by atoms with van der Waals surface area (Å²) >= 11 is 0. The van der Waals surface area contributed by atoms with Gasteiger partial charge in [-0.1, -0.05) is 12.1 Å². The third kappa shape index (κ3) is 1.97. The van der Waals surface area contributed by atoms with Gasteiger partial charge in [0.15, 0.2) is 5.78 Å². The molecule has 0 saturated carbocycles. The highest BCUT2D eigenvalue weighted by atomic mass is 19.1. The van der Waals surface area contributed by atoms with E-state index in [2.05, 4.69) is 5.32 Å². The van der Waals surface area contributed by atoms with E-state index in [1.165, 1.54) is 6.07 Å². The largest absolute Gasteiger partial charge is 0.311 e. The summed E-state index contributed by atoms with van der Waals surface area (Å²) in [7, 11) is 0. The van der Waals surface area contributed by atoms with Crippen molar-refractivity contribution >= 4 is 5.78 Å². The Morgan fingerprint density at radius 3 is 2.56 bits per heavy atom. The van der Waals surface area contributed by atoms with E-state index in [1.54, 1.807) is 6.07 Å². The van der Waals surface area contributed by atoms with Gasteiger partial charge >= 0.3 is 0 Å². The monoisotopic (exact) mass is 247 g/mol. The summed E-state index contributed by atoms with van der Waals surface area (Å²) < 4.78 is 13.8. The van der Waals surface area contributed by atoms with Gasteiger partial charge in [-0.25, -0.2) is 4.39 Å². The zero-order chi connectivity index (χ0) is 12.7. The van der Waals surface area contributed by atoms with Crippen LogP contribution in [0.5, 0.6) is 0 Å². The number of carbonyl (C=O) groups is 1. The number of carbonyl (C=O) groups excluding carboxylic acids is 1. The molecule has 1 N–H and O–H groups in total. The predicted molar refractivity (Wildman–Crippen MR) is 68.1 cm³/mol. The molecule has 0 aliphatic carbocycles. The molecule has 2 atom stereocenters. The Morgan fingerprint density at radius 1 is 1.28 bits per heavy atom. The molecule has 2 nitrogen and oxygen atoms in total. The van der Waals surface area contributed by atoms with E-state index in [9.17, 15) is 9.18 Å². The van der Waals surface area contributed by atoms with E-state index >= 15 is 0 Å². The van der Waals surface area contributed by atoms with E-state index in [0.717, 1.165) is 31.2 Å². The van der Waals surface area contributed by atoms with Crippen molar-refractivity contribution in [1.29, 1.82) is 0 Å². The van der Waals surface area contributed by atoms with Crippen molar-refractivity contribution in [2.45, 2.75) is 44.7 Å². The molecule has 0 amide bonds. The minimum Gasteiger partial charge on any atom is -0.311 e. The molecule has 3 rings (SSSR count). The van der Waals surface area contributed by atoms with E-state index in [4.69, 9.17) is 0 Å². The molecule has 0 spiro atoms. The van der Waals surface area contributed by atoms with Crippen LogP contribution in [0, 0.1) is 18.7 Å². The lowest BCUT2D eigenvalue weighted by atomic mass is 9.84. The highest BCUT2D eigenvalue weighted by Crippen LogP contribution is 2.33. The average Bonchev–Trinajstić information content (AvgIpc) is 2.68.